The molecule has 0 atom stereocenters. The second kappa shape index (κ2) is 3.33. The monoisotopic (exact) mass is 274 g/mol. The summed E-state index contributed by atoms with van der Waals surface area (Å²) in [5.41, 5.74) is -0.268. The molecule has 2 aromatic rings. The first-order chi connectivity index (χ1) is 6.61. The molecule has 0 saturated heterocycles. The first kappa shape index (κ1) is 9.61. The van der Waals surface area contributed by atoms with Crippen molar-refractivity contribution in [3.05, 3.63) is 33.4 Å². The van der Waals surface area contributed by atoms with E-state index in [2.05, 4.69) is 15.9 Å². The zero-order chi connectivity index (χ0) is 10.3. The van der Waals surface area contributed by atoms with Crippen LogP contribution in [0.15, 0.2) is 22.0 Å². The number of aromatic carboxylic acids is 1. The van der Waals surface area contributed by atoms with E-state index in [0.717, 1.165) is 4.70 Å². The second-order valence-corrected chi connectivity index (χ2v) is 4.49. The molecule has 1 aromatic heterocycles. The number of benzene rings is 1. The summed E-state index contributed by atoms with van der Waals surface area (Å²) in [5.74, 6) is -1.96. The lowest BCUT2D eigenvalue weighted by Gasteiger charge is -2.01. The van der Waals surface area contributed by atoms with Gasteiger partial charge >= 0.3 is 5.97 Å². The molecule has 0 aliphatic carbocycles. The second-order valence-electron chi connectivity index (χ2n) is 2.68. The lowest BCUT2D eigenvalue weighted by molar-refractivity contribution is 0.0694. The predicted molar refractivity (Wildman–Crippen MR) is 56.4 cm³/mol. The van der Waals surface area contributed by atoms with Crippen molar-refractivity contribution in [1.82, 2.24) is 0 Å². The van der Waals surface area contributed by atoms with E-state index < -0.39 is 11.8 Å². The van der Waals surface area contributed by atoms with Crippen LogP contribution in [0, 0.1) is 5.82 Å². The number of carboxylic acid groups (broad SMARTS) is 1. The highest BCUT2D eigenvalue weighted by Gasteiger charge is 2.18. The van der Waals surface area contributed by atoms with Gasteiger partial charge in [0.1, 0.15) is 5.56 Å². The van der Waals surface area contributed by atoms with Gasteiger partial charge < -0.3 is 5.11 Å². The molecular weight excluding hydrogens is 271 g/mol. The maximum atomic E-state index is 13.4. The Bertz CT molecular complexity index is 521. The zero-order valence-electron chi connectivity index (χ0n) is 6.75. The minimum atomic E-state index is -1.24. The summed E-state index contributed by atoms with van der Waals surface area (Å²) in [6.07, 6.45) is 0. The van der Waals surface area contributed by atoms with Crippen molar-refractivity contribution in [2.24, 2.45) is 0 Å². The Morgan fingerprint density at radius 3 is 2.93 bits per heavy atom. The first-order valence-corrected chi connectivity index (χ1v) is 5.37. The molecule has 0 unspecified atom stereocenters. The average Bonchev–Trinajstić information content (AvgIpc) is 2.52. The highest BCUT2D eigenvalue weighted by atomic mass is 79.9. The molecule has 1 N–H and O–H groups in total. The van der Waals surface area contributed by atoms with Crippen LogP contribution < -0.4 is 0 Å². The van der Waals surface area contributed by atoms with Crippen LogP contribution in [-0.2, 0) is 0 Å². The van der Waals surface area contributed by atoms with Gasteiger partial charge in [0.05, 0.1) is 4.47 Å². The van der Waals surface area contributed by atoms with Gasteiger partial charge in [0.25, 0.3) is 0 Å². The Kier molecular flexibility index (Phi) is 2.28. The summed E-state index contributed by atoms with van der Waals surface area (Å²) < 4.78 is 14.4. The minimum absolute atomic E-state index is 0.185. The number of thiophene rings is 1. The van der Waals surface area contributed by atoms with E-state index in [4.69, 9.17) is 5.11 Å². The standard InChI is InChI=1S/C9H4BrFO2S/c10-5-3-6-4(1-2-14-6)7(8(5)11)9(12)13/h1-3H,(H,12,13). The van der Waals surface area contributed by atoms with Crippen LogP contribution in [0.2, 0.25) is 0 Å². The van der Waals surface area contributed by atoms with E-state index in [-0.39, 0.29) is 10.0 Å². The van der Waals surface area contributed by atoms with Crippen molar-refractivity contribution >= 4 is 43.3 Å². The molecule has 0 aliphatic heterocycles. The Balaban J connectivity index is 2.93. The third kappa shape index (κ3) is 1.33. The van der Waals surface area contributed by atoms with Gasteiger partial charge in [0, 0.05) is 10.1 Å². The highest BCUT2D eigenvalue weighted by Crippen LogP contribution is 2.31. The number of carboxylic acids is 1. The van der Waals surface area contributed by atoms with E-state index in [1.54, 1.807) is 17.5 Å². The van der Waals surface area contributed by atoms with Crippen molar-refractivity contribution < 1.29 is 14.3 Å². The molecule has 2 nitrogen and oxygen atoms in total. The number of carbonyl (C=O) groups is 1. The van der Waals surface area contributed by atoms with Crippen molar-refractivity contribution in [3.63, 3.8) is 0 Å². The zero-order valence-corrected chi connectivity index (χ0v) is 9.15. The third-order valence-electron chi connectivity index (χ3n) is 1.87. The largest absolute Gasteiger partial charge is 0.478 e. The van der Waals surface area contributed by atoms with Gasteiger partial charge in [-0.15, -0.1) is 11.3 Å². The Morgan fingerprint density at radius 2 is 2.29 bits per heavy atom. The maximum Gasteiger partial charge on any atom is 0.339 e. The molecule has 0 radical (unpaired) electrons. The van der Waals surface area contributed by atoms with Crippen LogP contribution in [0.1, 0.15) is 10.4 Å². The SMILES string of the molecule is O=C(O)c1c(F)c(Br)cc2sccc12. The quantitative estimate of drug-likeness (QED) is 0.864. The van der Waals surface area contributed by atoms with Crippen LogP contribution >= 0.6 is 27.3 Å². The highest BCUT2D eigenvalue weighted by molar-refractivity contribution is 9.10. The molecular formula is C9H4BrFO2S. The van der Waals surface area contributed by atoms with Crippen LogP contribution in [-0.4, -0.2) is 11.1 Å². The van der Waals surface area contributed by atoms with E-state index in [9.17, 15) is 9.18 Å². The fourth-order valence-corrected chi connectivity index (χ4v) is 2.68. The molecule has 0 aliphatic rings. The summed E-state index contributed by atoms with van der Waals surface area (Å²) >= 11 is 4.37. The number of halogens is 2. The first-order valence-electron chi connectivity index (χ1n) is 3.69. The smallest absolute Gasteiger partial charge is 0.339 e. The van der Waals surface area contributed by atoms with E-state index in [1.165, 1.54) is 11.3 Å². The molecule has 5 heteroatoms. The summed E-state index contributed by atoms with van der Waals surface area (Å²) in [6.45, 7) is 0. The molecule has 0 spiro atoms. The topological polar surface area (TPSA) is 37.3 Å². The van der Waals surface area contributed by atoms with Crippen LogP contribution in [0.4, 0.5) is 4.39 Å². The van der Waals surface area contributed by atoms with Crippen molar-refractivity contribution in [2.45, 2.75) is 0 Å². The predicted octanol–water partition coefficient (Wildman–Crippen LogP) is 3.50. The average molecular weight is 275 g/mol. The fraction of sp³-hybridized carbons (Fsp3) is 0. The third-order valence-corrected chi connectivity index (χ3v) is 3.31. The van der Waals surface area contributed by atoms with Crippen LogP contribution in [0.3, 0.4) is 0 Å². The molecule has 14 heavy (non-hydrogen) atoms. The molecule has 1 aromatic carbocycles. The lowest BCUT2D eigenvalue weighted by atomic mass is 10.1. The Morgan fingerprint density at radius 1 is 1.57 bits per heavy atom. The van der Waals surface area contributed by atoms with Crippen LogP contribution in [0.5, 0.6) is 0 Å². The Labute approximate surface area is 91.1 Å². The van der Waals surface area contributed by atoms with Crippen molar-refractivity contribution in [1.29, 1.82) is 0 Å². The molecule has 72 valence electrons. The molecule has 1 heterocycles. The number of hydrogen-bond acceptors (Lipinski definition) is 2. The molecule has 0 amide bonds. The van der Waals surface area contributed by atoms with Gasteiger partial charge in [-0.25, -0.2) is 9.18 Å². The fourth-order valence-electron chi connectivity index (χ4n) is 1.26. The van der Waals surface area contributed by atoms with E-state index >= 15 is 0 Å². The van der Waals surface area contributed by atoms with Crippen LogP contribution in [0.25, 0.3) is 10.1 Å². The van der Waals surface area contributed by atoms with Gasteiger partial charge in [0.2, 0.25) is 0 Å². The summed E-state index contributed by atoms with van der Waals surface area (Å²) in [5, 5.41) is 11.0. The summed E-state index contributed by atoms with van der Waals surface area (Å²) in [4.78, 5) is 10.8. The van der Waals surface area contributed by atoms with Crippen molar-refractivity contribution in [3.8, 4) is 0 Å². The number of rotatable bonds is 1. The maximum absolute atomic E-state index is 13.4. The van der Waals surface area contributed by atoms with Gasteiger partial charge in [-0.05, 0) is 33.4 Å². The van der Waals surface area contributed by atoms with Gasteiger partial charge in [-0.2, -0.15) is 0 Å². The van der Waals surface area contributed by atoms with Crippen molar-refractivity contribution in [2.75, 3.05) is 0 Å². The summed E-state index contributed by atoms with van der Waals surface area (Å²) in [6, 6.07) is 3.20. The van der Waals surface area contributed by atoms with E-state index in [0.29, 0.717) is 5.39 Å². The van der Waals surface area contributed by atoms with Gasteiger partial charge in [-0.1, -0.05) is 0 Å². The molecule has 0 saturated carbocycles. The molecule has 0 bridgehead atoms. The number of hydrogen-bond donors (Lipinski definition) is 1. The van der Waals surface area contributed by atoms with E-state index in [1.807, 2.05) is 0 Å². The lowest BCUT2D eigenvalue weighted by Crippen LogP contribution is -2.01. The normalized spacial score (nSPS) is 10.7. The minimum Gasteiger partial charge on any atom is -0.478 e. The van der Waals surface area contributed by atoms with Gasteiger partial charge in [0.15, 0.2) is 5.82 Å². The number of fused-ring (bicyclic) bond motifs is 1. The Hall–Kier alpha value is -0.940. The molecule has 2 rings (SSSR count). The summed E-state index contributed by atoms with van der Waals surface area (Å²) in [7, 11) is 0. The van der Waals surface area contributed by atoms with Gasteiger partial charge in [-0.3, -0.25) is 0 Å². The molecule has 0 fully saturated rings.